The highest BCUT2D eigenvalue weighted by Gasteiger charge is 2.25. The molecule has 0 fully saturated rings. The van der Waals surface area contributed by atoms with Crippen LogP contribution >= 0.6 is 0 Å². The number of rotatable bonds is 5. The van der Waals surface area contributed by atoms with Crippen molar-refractivity contribution in [1.82, 2.24) is 5.32 Å². The number of carbonyl (C=O) groups excluding carboxylic acids is 2. The summed E-state index contributed by atoms with van der Waals surface area (Å²) >= 11 is 0. The number of carbonyl (C=O) groups is 2. The molecule has 3 amide bonds. The fourth-order valence-electron chi connectivity index (χ4n) is 2.96. The van der Waals surface area contributed by atoms with Gasteiger partial charge in [-0.1, -0.05) is 12.1 Å². The number of halogens is 1. The van der Waals surface area contributed by atoms with Gasteiger partial charge in [0.15, 0.2) is 6.10 Å². The highest BCUT2D eigenvalue weighted by Crippen LogP contribution is 2.31. The molecule has 2 N–H and O–H groups in total. The highest BCUT2D eigenvalue weighted by molar-refractivity contribution is 5.97. The van der Waals surface area contributed by atoms with Gasteiger partial charge in [0.25, 0.3) is 5.91 Å². The van der Waals surface area contributed by atoms with Crippen molar-refractivity contribution in [1.29, 1.82) is 0 Å². The summed E-state index contributed by atoms with van der Waals surface area (Å²) in [6, 6.07) is 11.0. The molecule has 2 aromatic carbocycles. The number of urea groups is 1. The zero-order valence-corrected chi connectivity index (χ0v) is 15.3. The molecule has 7 heteroatoms. The van der Waals surface area contributed by atoms with Gasteiger partial charge in [0.2, 0.25) is 0 Å². The van der Waals surface area contributed by atoms with Gasteiger partial charge >= 0.3 is 6.03 Å². The summed E-state index contributed by atoms with van der Waals surface area (Å²) in [5.74, 6) is -0.500. The predicted octanol–water partition coefficient (Wildman–Crippen LogP) is 3.32. The maximum Gasteiger partial charge on any atom is 0.321 e. The molecule has 0 unspecified atom stereocenters. The van der Waals surface area contributed by atoms with Gasteiger partial charge in [0.05, 0.1) is 5.69 Å². The SMILES string of the molecule is CCNC(=O)N1CCc2ccc(NC(=O)[C@H](C)Oc3cccc(F)c3)cc21. The van der Waals surface area contributed by atoms with E-state index in [4.69, 9.17) is 4.74 Å². The molecule has 0 saturated heterocycles. The van der Waals surface area contributed by atoms with Crippen LogP contribution in [0.5, 0.6) is 5.75 Å². The summed E-state index contributed by atoms with van der Waals surface area (Å²) in [6.07, 6.45) is -0.0284. The first-order chi connectivity index (χ1) is 13.0. The van der Waals surface area contributed by atoms with E-state index in [2.05, 4.69) is 10.6 Å². The van der Waals surface area contributed by atoms with Gasteiger partial charge in [-0.15, -0.1) is 0 Å². The summed E-state index contributed by atoms with van der Waals surface area (Å²) in [5, 5.41) is 5.57. The minimum Gasteiger partial charge on any atom is -0.481 e. The van der Waals surface area contributed by atoms with Crippen LogP contribution in [0, 0.1) is 5.82 Å². The Morgan fingerprint density at radius 3 is 2.81 bits per heavy atom. The second-order valence-corrected chi connectivity index (χ2v) is 6.29. The van der Waals surface area contributed by atoms with Crippen molar-refractivity contribution in [3.8, 4) is 5.75 Å². The fourth-order valence-corrected chi connectivity index (χ4v) is 2.96. The van der Waals surface area contributed by atoms with Gasteiger partial charge in [-0.05, 0) is 50.1 Å². The number of benzene rings is 2. The Bertz CT molecular complexity index is 856. The van der Waals surface area contributed by atoms with Crippen LogP contribution in [-0.2, 0) is 11.2 Å². The van der Waals surface area contributed by atoms with Gasteiger partial charge in [-0.3, -0.25) is 9.69 Å². The summed E-state index contributed by atoms with van der Waals surface area (Å²) in [4.78, 5) is 26.2. The van der Waals surface area contributed by atoms with Gasteiger partial charge in [-0.25, -0.2) is 9.18 Å². The van der Waals surface area contributed by atoms with Crippen LogP contribution in [0.2, 0.25) is 0 Å². The van der Waals surface area contributed by atoms with Crippen molar-refractivity contribution in [3.63, 3.8) is 0 Å². The molecule has 0 aliphatic carbocycles. The van der Waals surface area contributed by atoms with Gasteiger partial charge in [-0.2, -0.15) is 0 Å². The number of amides is 3. The Morgan fingerprint density at radius 1 is 1.26 bits per heavy atom. The van der Waals surface area contributed by atoms with Gasteiger partial charge in [0.1, 0.15) is 11.6 Å². The molecule has 27 heavy (non-hydrogen) atoms. The first-order valence-corrected chi connectivity index (χ1v) is 8.89. The number of ether oxygens (including phenoxy) is 1. The van der Waals surface area contributed by atoms with Crippen molar-refractivity contribution < 1.29 is 18.7 Å². The number of nitrogens with zero attached hydrogens (tertiary/aromatic N) is 1. The molecule has 1 aliphatic heterocycles. The Kier molecular flexibility index (Phi) is 5.59. The number of fused-ring (bicyclic) bond motifs is 1. The lowest BCUT2D eigenvalue weighted by atomic mass is 10.1. The van der Waals surface area contributed by atoms with Crippen LogP contribution in [0.1, 0.15) is 19.4 Å². The van der Waals surface area contributed by atoms with Crippen LogP contribution in [0.25, 0.3) is 0 Å². The molecule has 0 saturated carbocycles. The maximum atomic E-state index is 13.2. The maximum absolute atomic E-state index is 13.2. The quantitative estimate of drug-likeness (QED) is 0.847. The van der Waals surface area contributed by atoms with E-state index >= 15 is 0 Å². The highest BCUT2D eigenvalue weighted by atomic mass is 19.1. The van der Waals surface area contributed by atoms with Crippen molar-refractivity contribution in [2.24, 2.45) is 0 Å². The third kappa shape index (κ3) is 4.36. The molecule has 0 bridgehead atoms. The van der Waals surface area contributed by atoms with Gasteiger partial charge in [0, 0.05) is 24.8 Å². The first kappa shape index (κ1) is 18.7. The predicted molar refractivity (Wildman–Crippen MR) is 102 cm³/mol. The van der Waals surface area contributed by atoms with E-state index in [9.17, 15) is 14.0 Å². The van der Waals surface area contributed by atoms with E-state index in [1.54, 1.807) is 30.0 Å². The molecule has 1 atom stereocenters. The topological polar surface area (TPSA) is 70.7 Å². The van der Waals surface area contributed by atoms with E-state index in [1.165, 1.54) is 18.2 Å². The van der Waals surface area contributed by atoms with E-state index in [-0.39, 0.29) is 17.7 Å². The molecule has 2 aromatic rings. The molecule has 3 rings (SSSR count). The number of nitrogens with one attached hydrogen (secondary N) is 2. The number of hydrogen-bond donors (Lipinski definition) is 2. The monoisotopic (exact) mass is 371 g/mol. The molecule has 6 nitrogen and oxygen atoms in total. The molecule has 1 heterocycles. The molecular weight excluding hydrogens is 349 g/mol. The van der Waals surface area contributed by atoms with Crippen LogP contribution in [-0.4, -0.2) is 31.1 Å². The van der Waals surface area contributed by atoms with E-state index in [0.717, 1.165) is 17.7 Å². The zero-order valence-electron chi connectivity index (χ0n) is 15.3. The van der Waals surface area contributed by atoms with Crippen LogP contribution < -0.4 is 20.3 Å². The van der Waals surface area contributed by atoms with Crippen molar-refractivity contribution in [2.75, 3.05) is 23.3 Å². The smallest absolute Gasteiger partial charge is 0.321 e. The zero-order chi connectivity index (χ0) is 19.4. The molecule has 142 valence electrons. The van der Waals surface area contributed by atoms with E-state index in [0.29, 0.717) is 18.8 Å². The molecule has 0 radical (unpaired) electrons. The Labute approximate surface area is 157 Å². The second kappa shape index (κ2) is 8.07. The lowest BCUT2D eigenvalue weighted by Crippen LogP contribution is -2.38. The molecular formula is C20H22FN3O3. The normalized spacial score (nSPS) is 13.7. The molecule has 0 spiro atoms. The van der Waals surface area contributed by atoms with Gasteiger partial charge < -0.3 is 15.4 Å². The van der Waals surface area contributed by atoms with Crippen LogP contribution in [0.3, 0.4) is 0 Å². The lowest BCUT2D eigenvalue weighted by molar-refractivity contribution is -0.122. The van der Waals surface area contributed by atoms with E-state index < -0.39 is 11.9 Å². The summed E-state index contributed by atoms with van der Waals surface area (Å²) in [5.41, 5.74) is 2.42. The number of hydrogen-bond acceptors (Lipinski definition) is 3. The lowest BCUT2D eigenvalue weighted by Gasteiger charge is -2.19. The standard InChI is InChI=1S/C20H22FN3O3/c1-3-22-20(26)24-10-9-14-7-8-16(12-18(14)24)23-19(25)13(2)27-17-6-4-5-15(21)11-17/h4-8,11-13H,3,9-10H2,1-2H3,(H,22,26)(H,23,25)/t13-/m0/s1. The first-order valence-electron chi connectivity index (χ1n) is 8.89. The minimum absolute atomic E-state index is 0.150. The van der Waals surface area contributed by atoms with Crippen LogP contribution in [0.4, 0.5) is 20.6 Å². The fraction of sp³-hybridized carbons (Fsp3) is 0.300. The molecule has 0 aromatic heterocycles. The third-order valence-electron chi connectivity index (χ3n) is 4.30. The third-order valence-corrected chi connectivity index (χ3v) is 4.30. The van der Waals surface area contributed by atoms with Crippen LogP contribution in [0.15, 0.2) is 42.5 Å². The Morgan fingerprint density at radius 2 is 2.07 bits per heavy atom. The summed E-state index contributed by atoms with van der Waals surface area (Å²) in [7, 11) is 0. The largest absolute Gasteiger partial charge is 0.481 e. The van der Waals surface area contributed by atoms with Crippen molar-refractivity contribution in [2.45, 2.75) is 26.4 Å². The van der Waals surface area contributed by atoms with E-state index in [1.807, 2.05) is 13.0 Å². The van der Waals surface area contributed by atoms with Crippen molar-refractivity contribution in [3.05, 3.63) is 53.8 Å². The minimum atomic E-state index is -0.806. The van der Waals surface area contributed by atoms with Crippen molar-refractivity contribution >= 4 is 23.3 Å². The average molecular weight is 371 g/mol. The Balaban J connectivity index is 1.68. The average Bonchev–Trinajstić information content (AvgIpc) is 3.05. The molecule has 1 aliphatic rings. The Hall–Kier alpha value is -3.09. The summed E-state index contributed by atoms with van der Waals surface area (Å²) in [6.45, 7) is 4.62. The summed E-state index contributed by atoms with van der Waals surface area (Å²) < 4.78 is 18.7. The second-order valence-electron chi connectivity index (χ2n) is 6.29. The number of anilines is 2.